The molecule has 1 atom stereocenters. The van der Waals surface area contributed by atoms with E-state index in [1.807, 2.05) is 38.1 Å². The first-order valence-electron chi connectivity index (χ1n) is 9.62. The molecule has 1 saturated heterocycles. The predicted octanol–water partition coefficient (Wildman–Crippen LogP) is 4.59. The van der Waals surface area contributed by atoms with Crippen molar-refractivity contribution in [2.75, 3.05) is 25.0 Å². The molecule has 2 aliphatic heterocycles. The van der Waals surface area contributed by atoms with Crippen molar-refractivity contribution < 1.29 is 9.53 Å². The molecule has 1 fully saturated rings. The minimum absolute atomic E-state index is 0.0497. The van der Waals surface area contributed by atoms with Crippen molar-refractivity contribution in [2.24, 2.45) is 0 Å². The van der Waals surface area contributed by atoms with Crippen LogP contribution in [0.5, 0.6) is 5.75 Å². The Hall–Kier alpha value is -2.04. The number of likely N-dealkylation sites (tertiary alicyclic amines) is 1. The highest BCUT2D eigenvalue weighted by molar-refractivity contribution is 6.32. The van der Waals surface area contributed by atoms with Crippen LogP contribution in [0.2, 0.25) is 5.02 Å². The Labute approximate surface area is 165 Å². The van der Waals surface area contributed by atoms with Gasteiger partial charge >= 0.3 is 0 Å². The second-order valence-electron chi connectivity index (χ2n) is 7.52. The average Bonchev–Trinajstić information content (AvgIpc) is 3.25. The van der Waals surface area contributed by atoms with Gasteiger partial charge in [0.2, 0.25) is 5.91 Å². The van der Waals surface area contributed by atoms with Gasteiger partial charge in [0.05, 0.1) is 6.61 Å². The standard InChI is InChI=1S/C22H25ClN2O2/c1-3-27-16-7-9-20-18(13-16)22(2,21(26)24-20)17-12-15(6-8-19(17)23)14-25-10-4-5-11-25/h6-9,12-13H,3-5,10-11,14H2,1-2H3,(H,24,26). The molecule has 2 aromatic rings. The minimum Gasteiger partial charge on any atom is -0.494 e. The van der Waals surface area contributed by atoms with Crippen molar-refractivity contribution in [3.05, 3.63) is 58.1 Å². The van der Waals surface area contributed by atoms with E-state index in [0.717, 1.165) is 42.2 Å². The summed E-state index contributed by atoms with van der Waals surface area (Å²) in [5.74, 6) is 0.717. The summed E-state index contributed by atoms with van der Waals surface area (Å²) in [6, 6.07) is 11.8. The Morgan fingerprint density at radius 3 is 2.67 bits per heavy atom. The second kappa shape index (κ2) is 7.17. The highest BCUT2D eigenvalue weighted by Crippen LogP contribution is 2.46. The molecule has 0 radical (unpaired) electrons. The molecule has 0 saturated carbocycles. The molecule has 4 nitrogen and oxygen atoms in total. The van der Waals surface area contributed by atoms with Crippen LogP contribution < -0.4 is 10.1 Å². The van der Waals surface area contributed by atoms with Crippen molar-refractivity contribution in [2.45, 2.75) is 38.6 Å². The fraction of sp³-hybridized carbons (Fsp3) is 0.409. The van der Waals surface area contributed by atoms with E-state index in [1.54, 1.807) is 0 Å². The molecular formula is C22H25ClN2O2. The molecule has 0 spiro atoms. The van der Waals surface area contributed by atoms with Crippen molar-refractivity contribution >= 4 is 23.2 Å². The minimum atomic E-state index is -0.833. The number of carbonyl (C=O) groups excluding carboxylic acids is 1. The maximum Gasteiger partial charge on any atom is 0.239 e. The van der Waals surface area contributed by atoms with Gasteiger partial charge in [-0.3, -0.25) is 9.69 Å². The van der Waals surface area contributed by atoms with E-state index in [2.05, 4.69) is 22.3 Å². The summed E-state index contributed by atoms with van der Waals surface area (Å²) in [5.41, 5.74) is 2.96. The highest BCUT2D eigenvalue weighted by atomic mass is 35.5. The third-order valence-electron chi connectivity index (χ3n) is 5.72. The molecule has 1 unspecified atom stereocenters. The number of fused-ring (bicyclic) bond motifs is 1. The Kier molecular flexibility index (Phi) is 4.87. The zero-order valence-corrected chi connectivity index (χ0v) is 16.6. The lowest BCUT2D eigenvalue weighted by molar-refractivity contribution is -0.119. The topological polar surface area (TPSA) is 41.6 Å². The van der Waals surface area contributed by atoms with Crippen LogP contribution in [0.4, 0.5) is 5.69 Å². The maximum atomic E-state index is 13.0. The van der Waals surface area contributed by atoms with Gasteiger partial charge in [0, 0.05) is 17.3 Å². The van der Waals surface area contributed by atoms with E-state index >= 15 is 0 Å². The molecule has 2 heterocycles. The molecule has 142 valence electrons. The number of rotatable bonds is 5. The number of amides is 1. The Bertz CT molecular complexity index is 877. The van der Waals surface area contributed by atoms with Crippen molar-refractivity contribution in [3.8, 4) is 5.75 Å². The number of hydrogen-bond acceptors (Lipinski definition) is 3. The quantitative estimate of drug-likeness (QED) is 0.819. The third-order valence-corrected chi connectivity index (χ3v) is 6.05. The number of hydrogen-bond donors (Lipinski definition) is 1. The maximum absolute atomic E-state index is 13.0. The van der Waals surface area contributed by atoms with Gasteiger partial charge in [0.15, 0.2) is 0 Å². The van der Waals surface area contributed by atoms with Gasteiger partial charge in [-0.15, -0.1) is 0 Å². The van der Waals surface area contributed by atoms with Gasteiger partial charge in [-0.25, -0.2) is 0 Å². The molecule has 1 N–H and O–H groups in total. The summed E-state index contributed by atoms with van der Waals surface area (Å²) >= 11 is 6.59. The molecule has 0 aliphatic carbocycles. The van der Waals surface area contributed by atoms with Crippen molar-refractivity contribution in [1.82, 2.24) is 4.90 Å². The van der Waals surface area contributed by atoms with Crippen LogP contribution in [-0.4, -0.2) is 30.5 Å². The van der Waals surface area contributed by atoms with Crippen LogP contribution >= 0.6 is 11.6 Å². The van der Waals surface area contributed by atoms with Crippen LogP contribution in [0.25, 0.3) is 0 Å². The summed E-state index contributed by atoms with van der Waals surface area (Å²) < 4.78 is 5.66. The first-order valence-corrected chi connectivity index (χ1v) is 10.00. The molecule has 27 heavy (non-hydrogen) atoms. The van der Waals surface area contributed by atoms with E-state index in [-0.39, 0.29) is 5.91 Å². The number of nitrogens with one attached hydrogen (secondary N) is 1. The number of benzene rings is 2. The van der Waals surface area contributed by atoms with Crippen LogP contribution in [0, 0.1) is 0 Å². The summed E-state index contributed by atoms with van der Waals surface area (Å²) in [5, 5.41) is 3.63. The van der Waals surface area contributed by atoms with E-state index < -0.39 is 5.41 Å². The van der Waals surface area contributed by atoms with E-state index in [0.29, 0.717) is 11.6 Å². The zero-order valence-electron chi connectivity index (χ0n) is 15.8. The summed E-state index contributed by atoms with van der Waals surface area (Å²) in [7, 11) is 0. The Balaban J connectivity index is 1.76. The summed E-state index contributed by atoms with van der Waals surface area (Å²) in [6.07, 6.45) is 2.52. The fourth-order valence-corrected chi connectivity index (χ4v) is 4.50. The smallest absolute Gasteiger partial charge is 0.239 e. The normalized spacial score (nSPS) is 22.0. The number of ether oxygens (including phenoxy) is 1. The van der Waals surface area contributed by atoms with E-state index in [4.69, 9.17) is 16.3 Å². The molecule has 0 aromatic heterocycles. The van der Waals surface area contributed by atoms with Crippen molar-refractivity contribution in [3.63, 3.8) is 0 Å². The van der Waals surface area contributed by atoms with Gasteiger partial charge in [-0.1, -0.05) is 23.7 Å². The van der Waals surface area contributed by atoms with Gasteiger partial charge in [0.25, 0.3) is 0 Å². The molecule has 4 rings (SSSR count). The number of nitrogens with zero attached hydrogens (tertiary/aromatic N) is 1. The first kappa shape index (κ1) is 18.3. The second-order valence-corrected chi connectivity index (χ2v) is 7.92. The lowest BCUT2D eigenvalue weighted by atomic mass is 9.76. The Morgan fingerprint density at radius 1 is 1.15 bits per heavy atom. The largest absolute Gasteiger partial charge is 0.494 e. The summed E-state index contributed by atoms with van der Waals surface area (Å²) in [6.45, 7) is 7.66. The van der Waals surface area contributed by atoms with Crippen LogP contribution in [0.15, 0.2) is 36.4 Å². The van der Waals surface area contributed by atoms with Crippen molar-refractivity contribution in [1.29, 1.82) is 0 Å². The molecule has 0 bridgehead atoms. The molecule has 2 aromatic carbocycles. The number of carbonyl (C=O) groups is 1. The summed E-state index contributed by atoms with van der Waals surface area (Å²) in [4.78, 5) is 15.5. The predicted molar refractivity (Wildman–Crippen MR) is 109 cm³/mol. The SMILES string of the molecule is CCOc1ccc2c(c1)C(C)(c1cc(CN3CCCC3)ccc1Cl)C(=O)N2. The lowest BCUT2D eigenvalue weighted by Crippen LogP contribution is -2.33. The van der Waals surface area contributed by atoms with Crippen LogP contribution in [-0.2, 0) is 16.8 Å². The number of halogens is 1. The van der Waals surface area contributed by atoms with Crippen LogP contribution in [0.1, 0.15) is 43.4 Å². The fourth-order valence-electron chi connectivity index (χ4n) is 4.19. The average molecular weight is 385 g/mol. The highest BCUT2D eigenvalue weighted by Gasteiger charge is 2.45. The van der Waals surface area contributed by atoms with Gasteiger partial charge in [0.1, 0.15) is 11.2 Å². The van der Waals surface area contributed by atoms with E-state index in [9.17, 15) is 4.79 Å². The molecular weight excluding hydrogens is 360 g/mol. The van der Waals surface area contributed by atoms with Gasteiger partial charge in [-0.2, -0.15) is 0 Å². The molecule has 1 amide bonds. The first-order chi connectivity index (χ1) is 13.0. The van der Waals surface area contributed by atoms with Crippen LogP contribution in [0.3, 0.4) is 0 Å². The lowest BCUT2D eigenvalue weighted by Gasteiger charge is -2.26. The van der Waals surface area contributed by atoms with E-state index in [1.165, 1.54) is 18.4 Å². The third kappa shape index (κ3) is 3.21. The molecule has 5 heteroatoms. The Morgan fingerprint density at radius 2 is 1.93 bits per heavy atom. The van der Waals surface area contributed by atoms with Gasteiger partial charge < -0.3 is 10.1 Å². The zero-order chi connectivity index (χ0) is 19.0. The monoisotopic (exact) mass is 384 g/mol. The molecule has 2 aliphatic rings. The number of anilines is 1. The van der Waals surface area contributed by atoms with Gasteiger partial charge in [-0.05, 0) is 80.7 Å².